The van der Waals surface area contributed by atoms with Gasteiger partial charge in [-0.3, -0.25) is 10.1 Å². The molecule has 0 radical (unpaired) electrons. The number of rotatable bonds is 5. The lowest BCUT2D eigenvalue weighted by molar-refractivity contribution is -0.384. The highest BCUT2D eigenvalue weighted by Gasteiger charge is 2.13. The average Bonchev–Trinajstić information content (AvgIpc) is 2.90. The molecule has 1 heterocycles. The molecule has 0 aliphatic carbocycles. The minimum absolute atomic E-state index is 0.0725. The Morgan fingerprint density at radius 3 is 2.79 bits per heavy atom. The standard InChI is InChI=1S/C13H13ClN2O2S/c1-15(8-10-4-5-19-9-10)13-3-2-12(16(17)18)6-11(13)7-14/h2-6,9H,7-8H2,1H3. The molecule has 2 aromatic rings. The van der Waals surface area contributed by atoms with E-state index < -0.39 is 4.92 Å². The van der Waals surface area contributed by atoms with Crippen molar-refractivity contribution in [1.82, 2.24) is 0 Å². The molecule has 19 heavy (non-hydrogen) atoms. The van der Waals surface area contributed by atoms with Crippen LogP contribution in [0.3, 0.4) is 0 Å². The van der Waals surface area contributed by atoms with Crippen molar-refractivity contribution in [1.29, 1.82) is 0 Å². The Morgan fingerprint density at radius 1 is 1.42 bits per heavy atom. The maximum atomic E-state index is 10.8. The molecular weight excluding hydrogens is 284 g/mol. The molecule has 0 aliphatic heterocycles. The molecule has 0 saturated heterocycles. The highest BCUT2D eigenvalue weighted by atomic mass is 35.5. The number of nitro benzene ring substituents is 1. The van der Waals surface area contributed by atoms with Gasteiger partial charge < -0.3 is 4.90 Å². The third-order valence-electron chi connectivity index (χ3n) is 2.83. The summed E-state index contributed by atoms with van der Waals surface area (Å²) < 4.78 is 0. The molecule has 0 unspecified atom stereocenters. The Morgan fingerprint density at radius 2 is 2.21 bits per heavy atom. The molecule has 0 amide bonds. The van der Waals surface area contributed by atoms with Crippen molar-refractivity contribution in [3.8, 4) is 0 Å². The van der Waals surface area contributed by atoms with Gasteiger partial charge in [0.1, 0.15) is 0 Å². The maximum absolute atomic E-state index is 10.8. The Kier molecular flexibility index (Phi) is 4.39. The zero-order chi connectivity index (χ0) is 13.8. The van der Waals surface area contributed by atoms with Crippen LogP contribution in [0.1, 0.15) is 11.1 Å². The minimum Gasteiger partial charge on any atom is -0.370 e. The molecule has 1 aromatic heterocycles. The molecule has 0 bridgehead atoms. The number of nitrogens with zero attached hydrogens (tertiary/aromatic N) is 2. The van der Waals surface area contributed by atoms with Crippen molar-refractivity contribution >= 4 is 34.3 Å². The van der Waals surface area contributed by atoms with Crippen molar-refractivity contribution in [3.05, 3.63) is 56.3 Å². The first-order valence-electron chi connectivity index (χ1n) is 5.67. The van der Waals surface area contributed by atoms with E-state index in [1.165, 1.54) is 17.7 Å². The molecule has 0 N–H and O–H groups in total. The quantitative estimate of drug-likeness (QED) is 0.475. The molecule has 0 saturated carbocycles. The summed E-state index contributed by atoms with van der Waals surface area (Å²) in [5.41, 5.74) is 2.98. The second kappa shape index (κ2) is 6.04. The van der Waals surface area contributed by atoms with Crippen molar-refractivity contribution in [2.24, 2.45) is 0 Å². The summed E-state index contributed by atoms with van der Waals surface area (Å²) in [5, 5.41) is 14.9. The summed E-state index contributed by atoms with van der Waals surface area (Å²) in [5.74, 6) is 0.255. The zero-order valence-corrected chi connectivity index (χ0v) is 11.9. The molecule has 0 spiro atoms. The fraction of sp³-hybridized carbons (Fsp3) is 0.231. The lowest BCUT2D eigenvalue weighted by Crippen LogP contribution is -2.17. The molecular formula is C13H13ClN2O2S. The van der Waals surface area contributed by atoms with Crippen molar-refractivity contribution in [2.75, 3.05) is 11.9 Å². The lowest BCUT2D eigenvalue weighted by atomic mass is 10.1. The number of thiophene rings is 1. The third kappa shape index (κ3) is 3.24. The van der Waals surface area contributed by atoms with Crippen LogP contribution >= 0.6 is 22.9 Å². The number of nitro groups is 1. The summed E-state index contributed by atoms with van der Waals surface area (Å²) >= 11 is 7.54. The first kappa shape index (κ1) is 13.8. The minimum atomic E-state index is -0.404. The fourth-order valence-corrected chi connectivity index (χ4v) is 2.78. The van der Waals surface area contributed by atoms with Gasteiger partial charge in [0.15, 0.2) is 0 Å². The number of hydrogen-bond acceptors (Lipinski definition) is 4. The summed E-state index contributed by atoms with van der Waals surface area (Å²) in [6.07, 6.45) is 0. The van der Waals surface area contributed by atoms with Gasteiger partial charge in [-0.1, -0.05) is 0 Å². The predicted molar refractivity (Wildman–Crippen MR) is 79.1 cm³/mol. The monoisotopic (exact) mass is 296 g/mol. The van der Waals surface area contributed by atoms with E-state index in [4.69, 9.17) is 11.6 Å². The lowest BCUT2D eigenvalue weighted by Gasteiger charge is -2.21. The molecule has 0 atom stereocenters. The van der Waals surface area contributed by atoms with Crippen LogP contribution in [0.4, 0.5) is 11.4 Å². The number of hydrogen-bond donors (Lipinski definition) is 0. The number of anilines is 1. The van der Waals surface area contributed by atoms with Gasteiger partial charge in [0.05, 0.1) is 4.92 Å². The smallest absolute Gasteiger partial charge is 0.269 e. The van der Waals surface area contributed by atoms with Gasteiger partial charge in [0.2, 0.25) is 0 Å². The first-order chi connectivity index (χ1) is 9.11. The Labute approximate surface area is 120 Å². The number of non-ortho nitro benzene ring substituents is 1. The number of alkyl halides is 1. The average molecular weight is 297 g/mol. The maximum Gasteiger partial charge on any atom is 0.269 e. The van der Waals surface area contributed by atoms with E-state index >= 15 is 0 Å². The third-order valence-corrected chi connectivity index (χ3v) is 3.85. The van der Waals surface area contributed by atoms with Crippen molar-refractivity contribution < 1.29 is 4.92 Å². The molecule has 1 aromatic carbocycles. The fourth-order valence-electron chi connectivity index (χ4n) is 1.91. The topological polar surface area (TPSA) is 46.4 Å². The van der Waals surface area contributed by atoms with Gasteiger partial charge >= 0.3 is 0 Å². The van der Waals surface area contributed by atoms with Crippen LogP contribution in [-0.2, 0) is 12.4 Å². The summed E-state index contributed by atoms with van der Waals surface area (Å²) in [7, 11) is 1.95. The normalized spacial score (nSPS) is 10.4. The van der Waals surface area contributed by atoms with Gasteiger partial charge in [-0.05, 0) is 34.0 Å². The van der Waals surface area contributed by atoms with E-state index in [1.54, 1.807) is 17.4 Å². The Balaban J connectivity index is 2.25. The second-order valence-corrected chi connectivity index (χ2v) is 5.24. The zero-order valence-electron chi connectivity index (χ0n) is 10.4. The van der Waals surface area contributed by atoms with E-state index in [0.29, 0.717) is 0 Å². The van der Waals surface area contributed by atoms with Crippen LogP contribution < -0.4 is 4.90 Å². The van der Waals surface area contributed by atoms with Crippen LogP contribution in [0.25, 0.3) is 0 Å². The molecule has 0 fully saturated rings. The van der Waals surface area contributed by atoms with E-state index in [-0.39, 0.29) is 11.6 Å². The molecule has 0 aliphatic rings. The highest BCUT2D eigenvalue weighted by Crippen LogP contribution is 2.27. The van der Waals surface area contributed by atoms with E-state index in [1.807, 2.05) is 17.3 Å². The van der Waals surface area contributed by atoms with E-state index in [0.717, 1.165) is 17.8 Å². The van der Waals surface area contributed by atoms with Crippen LogP contribution in [0, 0.1) is 10.1 Å². The van der Waals surface area contributed by atoms with Gasteiger partial charge in [-0.25, -0.2) is 0 Å². The van der Waals surface area contributed by atoms with E-state index in [2.05, 4.69) is 11.4 Å². The van der Waals surface area contributed by atoms with Crippen LogP contribution in [0.2, 0.25) is 0 Å². The largest absolute Gasteiger partial charge is 0.370 e. The first-order valence-corrected chi connectivity index (χ1v) is 7.15. The highest BCUT2D eigenvalue weighted by molar-refractivity contribution is 7.07. The van der Waals surface area contributed by atoms with Gasteiger partial charge in [-0.2, -0.15) is 11.3 Å². The van der Waals surface area contributed by atoms with E-state index in [9.17, 15) is 10.1 Å². The number of halogens is 1. The van der Waals surface area contributed by atoms with Gasteiger partial charge in [0.25, 0.3) is 5.69 Å². The van der Waals surface area contributed by atoms with Crippen LogP contribution in [-0.4, -0.2) is 12.0 Å². The Bertz CT molecular complexity index is 572. The summed E-state index contributed by atoms with van der Waals surface area (Å²) in [4.78, 5) is 12.4. The van der Waals surface area contributed by atoms with Crippen molar-refractivity contribution in [3.63, 3.8) is 0 Å². The second-order valence-electron chi connectivity index (χ2n) is 4.19. The molecule has 100 valence electrons. The molecule has 6 heteroatoms. The summed E-state index contributed by atoms with van der Waals surface area (Å²) in [6.45, 7) is 0.755. The van der Waals surface area contributed by atoms with Crippen LogP contribution in [0.5, 0.6) is 0 Å². The number of benzene rings is 1. The van der Waals surface area contributed by atoms with Crippen molar-refractivity contribution in [2.45, 2.75) is 12.4 Å². The predicted octanol–water partition coefficient (Wildman–Crippen LogP) is 4.03. The SMILES string of the molecule is CN(Cc1ccsc1)c1ccc([N+](=O)[O-])cc1CCl. The Hall–Kier alpha value is -1.59. The van der Waals surface area contributed by atoms with Gasteiger partial charge in [-0.15, -0.1) is 11.6 Å². The van der Waals surface area contributed by atoms with Gasteiger partial charge in [0, 0.05) is 37.3 Å². The molecule has 4 nitrogen and oxygen atoms in total. The van der Waals surface area contributed by atoms with Crippen LogP contribution in [0.15, 0.2) is 35.0 Å². The summed E-state index contributed by atoms with van der Waals surface area (Å²) in [6, 6.07) is 6.86. The molecule has 2 rings (SSSR count).